The van der Waals surface area contributed by atoms with Crippen LogP contribution in [0.1, 0.15) is 28.4 Å². The van der Waals surface area contributed by atoms with Crippen LogP contribution in [-0.4, -0.2) is 19.6 Å². The van der Waals surface area contributed by atoms with Crippen LogP contribution in [0.2, 0.25) is 5.02 Å². The van der Waals surface area contributed by atoms with Crippen LogP contribution in [0, 0.1) is 6.92 Å². The molecular formula is C24H24ClNO4. The van der Waals surface area contributed by atoms with Gasteiger partial charge in [0.1, 0.15) is 23.9 Å². The molecule has 0 fully saturated rings. The predicted molar refractivity (Wildman–Crippen MR) is 119 cm³/mol. The Kier molecular flexibility index (Phi) is 7.20. The van der Waals surface area contributed by atoms with Gasteiger partial charge in [-0.3, -0.25) is 4.79 Å². The Morgan fingerprint density at radius 1 is 1.00 bits per heavy atom. The molecule has 1 amide bonds. The minimum Gasteiger partial charge on any atom is -0.497 e. The fraction of sp³-hybridized carbons (Fsp3) is 0.208. The molecular weight excluding hydrogens is 402 g/mol. The Hall–Kier alpha value is -3.18. The Morgan fingerprint density at radius 2 is 1.80 bits per heavy atom. The van der Waals surface area contributed by atoms with E-state index in [1.165, 1.54) is 0 Å². The second-order valence-electron chi connectivity index (χ2n) is 6.64. The lowest BCUT2D eigenvalue weighted by molar-refractivity contribution is 0.102. The highest BCUT2D eigenvalue weighted by atomic mass is 35.5. The van der Waals surface area contributed by atoms with Gasteiger partial charge in [0.05, 0.1) is 13.7 Å². The number of amides is 1. The van der Waals surface area contributed by atoms with E-state index in [0.29, 0.717) is 40.1 Å². The molecule has 156 valence electrons. The van der Waals surface area contributed by atoms with Gasteiger partial charge in [0, 0.05) is 27.9 Å². The van der Waals surface area contributed by atoms with Gasteiger partial charge in [-0.2, -0.15) is 0 Å². The highest BCUT2D eigenvalue weighted by Crippen LogP contribution is 2.26. The van der Waals surface area contributed by atoms with E-state index in [1.54, 1.807) is 37.4 Å². The minimum atomic E-state index is -0.236. The van der Waals surface area contributed by atoms with E-state index in [1.807, 2.05) is 44.2 Å². The number of benzene rings is 3. The van der Waals surface area contributed by atoms with E-state index in [2.05, 4.69) is 5.32 Å². The maximum absolute atomic E-state index is 12.7. The number of rotatable bonds is 8. The third-order valence-corrected chi connectivity index (χ3v) is 4.89. The smallest absolute Gasteiger partial charge is 0.255 e. The molecule has 30 heavy (non-hydrogen) atoms. The molecule has 0 atom stereocenters. The van der Waals surface area contributed by atoms with Crippen LogP contribution in [0.25, 0.3) is 0 Å². The summed E-state index contributed by atoms with van der Waals surface area (Å²) in [5, 5.41) is 3.48. The molecule has 3 aromatic carbocycles. The zero-order valence-electron chi connectivity index (χ0n) is 17.2. The number of carbonyl (C=O) groups is 1. The largest absolute Gasteiger partial charge is 0.497 e. The second-order valence-corrected chi connectivity index (χ2v) is 7.05. The summed E-state index contributed by atoms with van der Waals surface area (Å²) in [4.78, 5) is 12.7. The molecule has 1 N–H and O–H groups in total. The van der Waals surface area contributed by atoms with Crippen LogP contribution in [0.3, 0.4) is 0 Å². The summed E-state index contributed by atoms with van der Waals surface area (Å²) in [6.07, 6.45) is 0. The first kappa shape index (κ1) is 21.5. The van der Waals surface area contributed by atoms with Gasteiger partial charge >= 0.3 is 0 Å². The van der Waals surface area contributed by atoms with Crippen molar-refractivity contribution in [2.75, 3.05) is 19.0 Å². The molecule has 5 nitrogen and oxygen atoms in total. The lowest BCUT2D eigenvalue weighted by atomic mass is 10.1. The Morgan fingerprint density at radius 3 is 2.53 bits per heavy atom. The van der Waals surface area contributed by atoms with Gasteiger partial charge in [0.15, 0.2) is 0 Å². The molecule has 0 saturated heterocycles. The van der Waals surface area contributed by atoms with E-state index < -0.39 is 0 Å². The average molecular weight is 426 g/mol. The number of halogens is 1. The van der Waals surface area contributed by atoms with Crippen molar-refractivity contribution < 1.29 is 19.0 Å². The van der Waals surface area contributed by atoms with Crippen molar-refractivity contribution in [2.45, 2.75) is 20.5 Å². The molecule has 3 aromatic rings. The van der Waals surface area contributed by atoms with Crippen molar-refractivity contribution in [3.8, 4) is 17.2 Å². The van der Waals surface area contributed by atoms with Crippen molar-refractivity contribution >= 4 is 23.2 Å². The maximum Gasteiger partial charge on any atom is 0.255 e. The Labute approximate surface area is 181 Å². The first-order valence-electron chi connectivity index (χ1n) is 9.60. The molecule has 0 heterocycles. The molecule has 0 unspecified atom stereocenters. The van der Waals surface area contributed by atoms with Gasteiger partial charge in [-0.05, 0) is 61.9 Å². The molecule has 0 radical (unpaired) electrons. The fourth-order valence-corrected chi connectivity index (χ4v) is 3.04. The average Bonchev–Trinajstić information content (AvgIpc) is 2.76. The Balaban J connectivity index is 1.78. The first-order chi connectivity index (χ1) is 14.5. The van der Waals surface area contributed by atoms with Crippen molar-refractivity contribution in [3.05, 3.63) is 82.4 Å². The highest BCUT2D eigenvalue weighted by Gasteiger charge is 2.12. The minimum absolute atomic E-state index is 0.236. The fourth-order valence-electron chi connectivity index (χ4n) is 2.86. The molecule has 0 bridgehead atoms. The van der Waals surface area contributed by atoms with Crippen LogP contribution < -0.4 is 19.5 Å². The van der Waals surface area contributed by atoms with Crippen LogP contribution in [0.15, 0.2) is 60.7 Å². The van der Waals surface area contributed by atoms with E-state index in [9.17, 15) is 4.79 Å². The summed E-state index contributed by atoms with van der Waals surface area (Å²) >= 11 is 6.15. The van der Waals surface area contributed by atoms with Gasteiger partial charge in [-0.25, -0.2) is 0 Å². The van der Waals surface area contributed by atoms with Crippen LogP contribution in [0.4, 0.5) is 5.69 Å². The molecule has 0 spiro atoms. The lowest BCUT2D eigenvalue weighted by Gasteiger charge is -2.14. The Bertz CT molecular complexity index is 1040. The zero-order chi connectivity index (χ0) is 21.5. The summed E-state index contributed by atoms with van der Waals surface area (Å²) in [6.45, 7) is 4.59. The summed E-state index contributed by atoms with van der Waals surface area (Å²) in [5.74, 6) is 1.82. The second kappa shape index (κ2) is 10.0. The van der Waals surface area contributed by atoms with Crippen LogP contribution in [0.5, 0.6) is 17.2 Å². The normalized spacial score (nSPS) is 10.4. The number of methoxy groups -OCH3 is 1. The SMILES string of the molecule is CCOc1ccc(C(=O)Nc2ccc(C)c(Cl)c2)cc1COc1cccc(OC)c1. The highest BCUT2D eigenvalue weighted by molar-refractivity contribution is 6.31. The van der Waals surface area contributed by atoms with Crippen LogP contribution >= 0.6 is 11.6 Å². The van der Waals surface area contributed by atoms with Crippen molar-refractivity contribution in [3.63, 3.8) is 0 Å². The van der Waals surface area contributed by atoms with Gasteiger partial charge < -0.3 is 19.5 Å². The molecule has 0 saturated carbocycles. The van der Waals surface area contributed by atoms with E-state index in [4.69, 9.17) is 25.8 Å². The number of ether oxygens (including phenoxy) is 3. The van der Waals surface area contributed by atoms with E-state index >= 15 is 0 Å². The third kappa shape index (κ3) is 5.45. The summed E-state index contributed by atoms with van der Waals surface area (Å²) < 4.78 is 16.8. The third-order valence-electron chi connectivity index (χ3n) is 4.49. The summed E-state index contributed by atoms with van der Waals surface area (Å²) in [5.41, 5.74) is 2.86. The molecule has 6 heteroatoms. The number of hydrogen-bond acceptors (Lipinski definition) is 4. The molecule has 0 aliphatic carbocycles. The van der Waals surface area contributed by atoms with Crippen LogP contribution in [-0.2, 0) is 6.61 Å². The predicted octanol–water partition coefficient (Wildman–Crippen LogP) is 5.89. The molecule has 0 aliphatic rings. The summed E-state index contributed by atoms with van der Waals surface area (Å²) in [7, 11) is 1.61. The van der Waals surface area contributed by atoms with Crippen molar-refractivity contribution in [1.82, 2.24) is 0 Å². The van der Waals surface area contributed by atoms with Gasteiger partial charge in [-0.15, -0.1) is 0 Å². The monoisotopic (exact) mass is 425 g/mol. The van der Waals surface area contributed by atoms with E-state index in [0.717, 1.165) is 11.1 Å². The standard InChI is InChI=1S/C24H24ClNO4/c1-4-29-23-11-9-17(24(27)26-19-10-8-16(2)22(25)13-19)12-18(23)15-30-21-7-5-6-20(14-21)28-3/h5-14H,4,15H2,1-3H3,(H,26,27). The van der Waals surface area contributed by atoms with Gasteiger partial charge in [0.25, 0.3) is 5.91 Å². The first-order valence-corrected chi connectivity index (χ1v) is 9.98. The quantitative estimate of drug-likeness (QED) is 0.489. The zero-order valence-corrected chi connectivity index (χ0v) is 18.0. The molecule has 0 aromatic heterocycles. The van der Waals surface area contributed by atoms with Crippen molar-refractivity contribution in [2.24, 2.45) is 0 Å². The molecule has 3 rings (SSSR count). The lowest BCUT2D eigenvalue weighted by Crippen LogP contribution is -2.13. The molecule has 0 aliphatic heterocycles. The number of nitrogens with one attached hydrogen (secondary N) is 1. The van der Waals surface area contributed by atoms with Gasteiger partial charge in [-0.1, -0.05) is 23.7 Å². The van der Waals surface area contributed by atoms with Gasteiger partial charge in [0.2, 0.25) is 0 Å². The maximum atomic E-state index is 12.7. The topological polar surface area (TPSA) is 56.8 Å². The number of anilines is 1. The number of aryl methyl sites for hydroxylation is 1. The summed E-state index contributed by atoms with van der Waals surface area (Å²) in [6, 6.07) is 18.1. The van der Waals surface area contributed by atoms with E-state index in [-0.39, 0.29) is 12.5 Å². The number of carbonyl (C=O) groups excluding carboxylic acids is 1. The van der Waals surface area contributed by atoms with Crippen molar-refractivity contribution in [1.29, 1.82) is 0 Å². The number of hydrogen-bond donors (Lipinski definition) is 1.